The van der Waals surface area contributed by atoms with Gasteiger partial charge < -0.3 is 19.9 Å². The Morgan fingerprint density at radius 3 is 2.73 bits per heavy atom. The van der Waals surface area contributed by atoms with Gasteiger partial charge >= 0.3 is 6.09 Å². The van der Waals surface area contributed by atoms with E-state index in [9.17, 15) is 9.90 Å². The van der Waals surface area contributed by atoms with E-state index in [1.807, 2.05) is 0 Å². The number of nitrogens with one attached hydrogen (secondary N) is 1. The average Bonchev–Trinajstić information content (AvgIpc) is 2.81. The minimum Gasteiger partial charge on any atom is -0.444 e. The summed E-state index contributed by atoms with van der Waals surface area (Å²) in [5.41, 5.74) is -0.484. The third-order valence-electron chi connectivity index (χ3n) is 1.90. The largest absolute Gasteiger partial charge is 0.444 e. The van der Waals surface area contributed by atoms with Crippen molar-refractivity contribution < 1.29 is 19.4 Å². The Morgan fingerprint density at radius 1 is 1.67 bits per heavy atom. The number of alkyl carbamates (subject to hydrolysis) is 1. The predicted molar refractivity (Wildman–Crippen MR) is 54.6 cm³/mol. The highest BCUT2D eigenvalue weighted by atomic mass is 16.6. The molecule has 0 spiro atoms. The van der Waals surface area contributed by atoms with E-state index in [0.29, 0.717) is 19.6 Å². The molecule has 1 aliphatic rings. The van der Waals surface area contributed by atoms with Crippen molar-refractivity contribution in [2.45, 2.75) is 45.0 Å². The van der Waals surface area contributed by atoms with Crippen molar-refractivity contribution in [1.82, 2.24) is 5.32 Å². The third-order valence-corrected chi connectivity index (χ3v) is 1.90. The van der Waals surface area contributed by atoms with Crippen LogP contribution in [0.15, 0.2) is 0 Å². The van der Waals surface area contributed by atoms with Gasteiger partial charge in [0.1, 0.15) is 11.7 Å². The molecule has 5 heteroatoms. The normalized spacial score (nSPS) is 22.0. The number of rotatable bonds is 4. The molecule has 1 aliphatic heterocycles. The SMILES string of the molecule is CC(C)(C)OC(=O)NCC[C@@H](O)[C@H]1CO1. The first-order valence-electron chi connectivity index (χ1n) is 5.15. The molecule has 0 bridgehead atoms. The zero-order valence-corrected chi connectivity index (χ0v) is 9.45. The maximum absolute atomic E-state index is 11.2. The van der Waals surface area contributed by atoms with Gasteiger partial charge in [0.2, 0.25) is 0 Å². The zero-order chi connectivity index (χ0) is 11.5. The fraction of sp³-hybridized carbons (Fsp3) is 0.900. The molecule has 0 aromatic carbocycles. The molecular weight excluding hydrogens is 198 g/mol. The van der Waals surface area contributed by atoms with Crippen molar-refractivity contribution >= 4 is 6.09 Å². The number of ether oxygens (including phenoxy) is 2. The van der Waals surface area contributed by atoms with Gasteiger partial charge in [-0.2, -0.15) is 0 Å². The lowest BCUT2D eigenvalue weighted by Crippen LogP contribution is -2.34. The number of amides is 1. The molecule has 2 N–H and O–H groups in total. The molecule has 2 atom stereocenters. The van der Waals surface area contributed by atoms with Crippen molar-refractivity contribution in [2.75, 3.05) is 13.2 Å². The van der Waals surface area contributed by atoms with Crippen LogP contribution in [-0.4, -0.2) is 42.2 Å². The Labute approximate surface area is 89.8 Å². The van der Waals surface area contributed by atoms with Crippen LogP contribution >= 0.6 is 0 Å². The summed E-state index contributed by atoms with van der Waals surface area (Å²) in [7, 11) is 0. The van der Waals surface area contributed by atoms with Crippen LogP contribution in [0.1, 0.15) is 27.2 Å². The summed E-state index contributed by atoms with van der Waals surface area (Å²) < 4.78 is 9.95. The van der Waals surface area contributed by atoms with Crippen molar-refractivity contribution in [1.29, 1.82) is 0 Å². The summed E-state index contributed by atoms with van der Waals surface area (Å²) in [5.74, 6) is 0. The first kappa shape index (κ1) is 12.3. The van der Waals surface area contributed by atoms with Gasteiger partial charge in [-0.05, 0) is 27.2 Å². The van der Waals surface area contributed by atoms with Crippen LogP contribution in [0.2, 0.25) is 0 Å². The van der Waals surface area contributed by atoms with Crippen LogP contribution in [-0.2, 0) is 9.47 Å². The van der Waals surface area contributed by atoms with E-state index in [1.54, 1.807) is 20.8 Å². The number of epoxide rings is 1. The molecule has 1 saturated heterocycles. The van der Waals surface area contributed by atoms with E-state index in [0.717, 1.165) is 0 Å². The van der Waals surface area contributed by atoms with Crippen LogP contribution in [0, 0.1) is 0 Å². The number of hydrogen-bond donors (Lipinski definition) is 2. The molecule has 1 fully saturated rings. The highest BCUT2D eigenvalue weighted by Gasteiger charge is 2.30. The van der Waals surface area contributed by atoms with Crippen LogP contribution in [0.3, 0.4) is 0 Å². The molecule has 5 nitrogen and oxygen atoms in total. The van der Waals surface area contributed by atoms with Gasteiger partial charge in [-0.15, -0.1) is 0 Å². The summed E-state index contributed by atoms with van der Waals surface area (Å²) in [6.45, 7) is 6.43. The van der Waals surface area contributed by atoms with Crippen LogP contribution in [0.4, 0.5) is 4.79 Å². The van der Waals surface area contributed by atoms with Crippen molar-refractivity contribution in [2.24, 2.45) is 0 Å². The van der Waals surface area contributed by atoms with Gasteiger partial charge in [-0.3, -0.25) is 0 Å². The second-order valence-corrected chi connectivity index (χ2v) is 4.66. The van der Waals surface area contributed by atoms with E-state index < -0.39 is 17.8 Å². The van der Waals surface area contributed by atoms with Gasteiger partial charge in [-0.25, -0.2) is 4.79 Å². The molecule has 1 rings (SSSR count). The molecule has 1 heterocycles. The van der Waals surface area contributed by atoms with E-state index in [-0.39, 0.29) is 6.10 Å². The summed E-state index contributed by atoms with van der Waals surface area (Å²) in [6, 6.07) is 0. The van der Waals surface area contributed by atoms with E-state index in [4.69, 9.17) is 9.47 Å². The molecular formula is C10H19NO4. The average molecular weight is 217 g/mol. The van der Waals surface area contributed by atoms with E-state index in [2.05, 4.69) is 5.32 Å². The Morgan fingerprint density at radius 2 is 2.27 bits per heavy atom. The van der Waals surface area contributed by atoms with E-state index >= 15 is 0 Å². The maximum Gasteiger partial charge on any atom is 0.407 e. The number of aliphatic hydroxyl groups is 1. The Kier molecular flexibility index (Phi) is 3.93. The van der Waals surface area contributed by atoms with Crippen LogP contribution in [0.25, 0.3) is 0 Å². The van der Waals surface area contributed by atoms with Crippen molar-refractivity contribution in [3.05, 3.63) is 0 Å². The van der Waals surface area contributed by atoms with E-state index in [1.165, 1.54) is 0 Å². The predicted octanol–water partition coefficient (Wildman–Crippen LogP) is 0.661. The Balaban J connectivity index is 2.06. The number of carbonyl (C=O) groups excluding carboxylic acids is 1. The lowest BCUT2D eigenvalue weighted by molar-refractivity contribution is 0.0513. The minimum absolute atomic E-state index is 0.0366. The summed E-state index contributed by atoms with van der Waals surface area (Å²) in [5, 5.41) is 12.0. The van der Waals surface area contributed by atoms with Gasteiger partial charge in [0, 0.05) is 6.54 Å². The zero-order valence-electron chi connectivity index (χ0n) is 9.45. The standard InChI is InChI=1S/C10H19NO4/c1-10(2,3)15-9(13)11-5-4-7(12)8-6-14-8/h7-8,12H,4-6H2,1-3H3,(H,11,13)/t7-,8-/m1/s1. The summed E-state index contributed by atoms with van der Waals surface area (Å²) >= 11 is 0. The second kappa shape index (κ2) is 4.81. The fourth-order valence-electron chi connectivity index (χ4n) is 1.10. The monoisotopic (exact) mass is 217 g/mol. The third kappa shape index (κ3) is 5.59. The molecule has 0 aromatic heterocycles. The first-order valence-corrected chi connectivity index (χ1v) is 5.15. The van der Waals surface area contributed by atoms with Gasteiger partial charge in [0.15, 0.2) is 0 Å². The van der Waals surface area contributed by atoms with Crippen LogP contribution in [0.5, 0.6) is 0 Å². The number of aliphatic hydroxyl groups excluding tert-OH is 1. The summed E-state index contributed by atoms with van der Waals surface area (Å²) in [6.07, 6.45) is -0.485. The maximum atomic E-state index is 11.2. The fourth-order valence-corrected chi connectivity index (χ4v) is 1.10. The molecule has 88 valence electrons. The molecule has 1 amide bonds. The molecule has 0 aromatic rings. The molecule has 0 unspecified atom stereocenters. The lowest BCUT2D eigenvalue weighted by Gasteiger charge is -2.19. The molecule has 0 aliphatic carbocycles. The van der Waals surface area contributed by atoms with Crippen molar-refractivity contribution in [3.8, 4) is 0 Å². The number of carbonyl (C=O) groups is 1. The lowest BCUT2D eigenvalue weighted by atomic mass is 10.2. The highest BCUT2D eigenvalue weighted by Crippen LogP contribution is 2.15. The Hall–Kier alpha value is -0.810. The van der Waals surface area contributed by atoms with Gasteiger partial charge in [0.05, 0.1) is 12.7 Å². The highest BCUT2D eigenvalue weighted by molar-refractivity contribution is 5.67. The molecule has 0 saturated carbocycles. The van der Waals surface area contributed by atoms with Crippen LogP contribution < -0.4 is 5.32 Å². The Bertz CT molecular complexity index is 220. The van der Waals surface area contributed by atoms with Crippen molar-refractivity contribution in [3.63, 3.8) is 0 Å². The minimum atomic E-state index is -0.486. The topological polar surface area (TPSA) is 71.1 Å². The van der Waals surface area contributed by atoms with Gasteiger partial charge in [-0.1, -0.05) is 0 Å². The quantitative estimate of drug-likeness (QED) is 0.679. The smallest absolute Gasteiger partial charge is 0.407 e. The number of hydrogen-bond acceptors (Lipinski definition) is 4. The summed E-state index contributed by atoms with van der Waals surface area (Å²) in [4.78, 5) is 11.2. The first-order chi connectivity index (χ1) is 6.88. The molecule has 15 heavy (non-hydrogen) atoms. The molecule has 0 radical (unpaired) electrons. The van der Waals surface area contributed by atoms with Gasteiger partial charge in [0.25, 0.3) is 0 Å². The second-order valence-electron chi connectivity index (χ2n) is 4.66.